The number of ether oxygens (including phenoxy) is 1. The lowest BCUT2D eigenvalue weighted by molar-refractivity contribution is 0.257. The van der Waals surface area contributed by atoms with Crippen molar-refractivity contribution in [1.29, 1.82) is 0 Å². The van der Waals surface area contributed by atoms with Crippen LogP contribution in [0.4, 0.5) is 0 Å². The molecule has 0 atom stereocenters. The summed E-state index contributed by atoms with van der Waals surface area (Å²) in [5.41, 5.74) is 0. The quantitative estimate of drug-likeness (QED) is 0.786. The topological polar surface area (TPSA) is 66.8 Å². The highest BCUT2D eigenvalue weighted by molar-refractivity contribution is 7.89. The molecule has 0 unspecified atom stereocenters. The Morgan fingerprint density at radius 3 is 2.32 bits per heavy atom. The molecule has 0 spiro atoms. The third-order valence-electron chi connectivity index (χ3n) is 2.64. The van der Waals surface area contributed by atoms with Crippen LogP contribution in [-0.2, 0) is 10.0 Å². The van der Waals surface area contributed by atoms with E-state index in [1.54, 1.807) is 19.1 Å². The fourth-order valence-corrected chi connectivity index (χ4v) is 3.08. The van der Waals surface area contributed by atoms with Gasteiger partial charge in [-0.3, -0.25) is 0 Å². The van der Waals surface area contributed by atoms with Gasteiger partial charge < -0.3 is 9.84 Å². The summed E-state index contributed by atoms with van der Waals surface area (Å²) in [6.07, 6.45) is 0.903. The van der Waals surface area contributed by atoms with Gasteiger partial charge in [0.2, 0.25) is 10.0 Å². The Hall–Kier alpha value is -1.11. The zero-order valence-electron chi connectivity index (χ0n) is 11.4. The second-order valence-electron chi connectivity index (χ2n) is 4.04. The van der Waals surface area contributed by atoms with E-state index in [1.807, 2.05) is 6.92 Å². The van der Waals surface area contributed by atoms with Crippen LogP contribution in [0, 0.1) is 0 Å². The first-order valence-corrected chi connectivity index (χ1v) is 7.84. The van der Waals surface area contributed by atoms with Gasteiger partial charge in [-0.1, -0.05) is 13.8 Å². The second kappa shape index (κ2) is 7.47. The summed E-state index contributed by atoms with van der Waals surface area (Å²) in [4.78, 5) is 0.214. The molecule has 0 aliphatic heterocycles. The van der Waals surface area contributed by atoms with E-state index in [9.17, 15) is 8.42 Å². The smallest absolute Gasteiger partial charge is 0.243 e. The lowest BCUT2D eigenvalue weighted by Crippen LogP contribution is -2.33. The predicted octanol–water partition coefficient (Wildman–Crippen LogP) is 1.48. The molecule has 0 aliphatic rings. The summed E-state index contributed by atoms with van der Waals surface area (Å²) in [5.74, 6) is 0.658. The largest absolute Gasteiger partial charge is 0.494 e. The summed E-state index contributed by atoms with van der Waals surface area (Å²) >= 11 is 0. The molecule has 0 bridgehead atoms. The highest BCUT2D eigenvalue weighted by atomic mass is 32.2. The number of aliphatic hydroxyl groups is 1. The van der Waals surface area contributed by atoms with Gasteiger partial charge in [-0.25, -0.2) is 8.42 Å². The van der Waals surface area contributed by atoms with Gasteiger partial charge in [-0.15, -0.1) is 0 Å². The Balaban J connectivity index is 2.89. The van der Waals surface area contributed by atoms with Gasteiger partial charge in [0.25, 0.3) is 0 Å². The van der Waals surface area contributed by atoms with Crippen molar-refractivity contribution in [3.8, 4) is 5.75 Å². The van der Waals surface area contributed by atoms with Crippen LogP contribution in [-0.4, -0.2) is 44.1 Å². The van der Waals surface area contributed by atoms with Crippen LogP contribution in [0.25, 0.3) is 0 Å². The van der Waals surface area contributed by atoms with Crippen molar-refractivity contribution in [3.05, 3.63) is 24.3 Å². The van der Waals surface area contributed by atoms with Crippen LogP contribution in [0.3, 0.4) is 0 Å². The van der Waals surface area contributed by atoms with Crippen molar-refractivity contribution < 1.29 is 18.3 Å². The highest BCUT2D eigenvalue weighted by Crippen LogP contribution is 2.19. The van der Waals surface area contributed by atoms with Crippen molar-refractivity contribution in [1.82, 2.24) is 4.31 Å². The molecule has 0 saturated carbocycles. The molecule has 0 aromatic heterocycles. The number of hydrogen-bond donors (Lipinski definition) is 1. The molecule has 0 aliphatic carbocycles. The predicted molar refractivity (Wildman–Crippen MR) is 73.7 cm³/mol. The maximum Gasteiger partial charge on any atom is 0.243 e. The molecule has 108 valence electrons. The van der Waals surface area contributed by atoms with Crippen molar-refractivity contribution in [2.45, 2.75) is 25.2 Å². The minimum atomic E-state index is -3.53. The van der Waals surface area contributed by atoms with Crippen LogP contribution in [0.2, 0.25) is 0 Å². The third-order valence-corrected chi connectivity index (χ3v) is 4.62. The molecule has 0 saturated heterocycles. The molecule has 1 rings (SSSR count). The van der Waals surface area contributed by atoms with E-state index in [2.05, 4.69) is 0 Å². The number of hydrogen-bond acceptors (Lipinski definition) is 4. The molecule has 6 heteroatoms. The van der Waals surface area contributed by atoms with Crippen LogP contribution < -0.4 is 4.74 Å². The van der Waals surface area contributed by atoms with Crippen LogP contribution >= 0.6 is 0 Å². The molecule has 0 amide bonds. The van der Waals surface area contributed by atoms with Gasteiger partial charge in [-0.05, 0) is 30.7 Å². The zero-order valence-corrected chi connectivity index (χ0v) is 12.2. The lowest BCUT2D eigenvalue weighted by atomic mass is 10.3. The summed E-state index contributed by atoms with van der Waals surface area (Å²) in [7, 11) is -3.53. The van der Waals surface area contributed by atoms with E-state index in [4.69, 9.17) is 9.84 Å². The first-order chi connectivity index (χ1) is 9.06. The van der Waals surface area contributed by atoms with E-state index in [-0.39, 0.29) is 18.0 Å². The van der Waals surface area contributed by atoms with E-state index in [1.165, 1.54) is 16.4 Å². The Morgan fingerprint density at radius 2 is 1.84 bits per heavy atom. The van der Waals surface area contributed by atoms with Crippen LogP contribution in [0.5, 0.6) is 5.75 Å². The lowest BCUT2D eigenvalue weighted by Gasteiger charge is -2.19. The third kappa shape index (κ3) is 4.19. The number of sulfonamides is 1. The molecule has 5 nitrogen and oxygen atoms in total. The Morgan fingerprint density at radius 1 is 1.21 bits per heavy atom. The summed E-state index contributed by atoms with van der Waals surface area (Å²) in [6, 6.07) is 6.35. The number of rotatable bonds is 8. The van der Waals surface area contributed by atoms with Gasteiger partial charge in [0.1, 0.15) is 5.75 Å². The first-order valence-electron chi connectivity index (χ1n) is 6.40. The maximum atomic E-state index is 12.3. The highest BCUT2D eigenvalue weighted by Gasteiger charge is 2.22. The van der Waals surface area contributed by atoms with Gasteiger partial charge in [0.15, 0.2) is 0 Å². The molecule has 1 N–H and O–H groups in total. The first kappa shape index (κ1) is 15.9. The van der Waals surface area contributed by atoms with Crippen molar-refractivity contribution >= 4 is 10.0 Å². The average molecular weight is 287 g/mol. The standard InChI is InChI=1S/C13H21NO4S/c1-3-11-18-12-5-7-13(8-6-12)19(16,17)14(4-2)9-10-15/h5-8,15H,3-4,9-11H2,1-2H3. The average Bonchev–Trinajstić information content (AvgIpc) is 2.42. The normalized spacial score (nSPS) is 11.8. The number of aliphatic hydroxyl groups excluding tert-OH is 1. The van der Waals surface area contributed by atoms with E-state index >= 15 is 0 Å². The molecule has 1 aromatic rings. The molecule has 0 heterocycles. The van der Waals surface area contributed by atoms with Gasteiger partial charge in [0, 0.05) is 13.1 Å². The monoisotopic (exact) mass is 287 g/mol. The second-order valence-corrected chi connectivity index (χ2v) is 5.98. The molecular weight excluding hydrogens is 266 g/mol. The SMILES string of the molecule is CCCOc1ccc(S(=O)(=O)N(CC)CCO)cc1. The minimum Gasteiger partial charge on any atom is -0.494 e. The fourth-order valence-electron chi connectivity index (χ4n) is 1.64. The van der Waals surface area contributed by atoms with Crippen molar-refractivity contribution in [2.75, 3.05) is 26.3 Å². The summed E-state index contributed by atoms with van der Waals surface area (Å²) in [5, 5.41) is 8.89. The number of benzene rings is 1. The molecule has 1 aromatic carbocycles. The zero-order chi connectivity index (χ0) is 14.3. The Labute approximate surface area is 114 Å². The molecule has 0 fully saturated rings. The number of likely N-dealkylation sites (N-methyl/N-ethyl adjacent to an activating group) is 1. The Bertz CT molecular complexity index is 470. The van der Waals surface area contributed by atoms with Gasteiger partial charge >= 0.3 is 0 Å². The molecule has 19 heavy (non-hydrogen) atoms. The molecular formula is C13H21NO4S. The van der Waals surface area contributed by atoms with E-state index in [0.717, 1.165) is 6.42 Å². The Kier molecular flexibility index (Phi) is 6.27. The van der Waals surface area contributed by atoms with Crippen LogP contribution in [0.15, 0.2) is 29.2 Å². The summed E-state index contributed by atoms with van der Waals surface area (Å²) in [6.45, 7) is 4.60. The van der Waals surface area contributed by atoms with E-state index < -0.39 is 10.0 Å². The maximum absolute atomic E-state index is 12.3. The van der Waals surface area contributed by atoms with Crippen LogP contribution in [0.1, 0.15) is 20.3 Å². The fraction of sp³-hybridized carbons (Fsp3) is 0.538. The van der Waals surface area contributed by atoms with Gasteiger partial charge in [-0.2, -0.15) is 4.31 Å². The summed E-state index contributed by atoms with van der Waals surface area (Å²) < 4.78 is 31.2. The minimum absolute atomic E-state index is 0.104. The van der Waals surface area contributed by atoms with Gasteiger partial charge in [0.05, 0.1) is 18.1 Å². The molecule has 0 radical (unpaired) electrons. The van der Waals surface area contributed by atoms with Crippen molar-refractivity contribution in [2.24, 2.45) is 0 Å². The van der Waals surface area contributed by atoms with E-state index in [0.29, 0.717) is 18.9 Å². The number of nitrogens with zero attached hydrogens (tertiary/aromatic N) is 1. The van der Waals surface area contributed by atoms with Crippen molar-refractivity contribution in [3.63, 3.8) is 0 Å².